The Morgan fingerprint density at radius 3 is 2.47 bits per heavy atom. The molecule has 3 aromatic rings. The van der Waals surface area contributed by atoms with Crippen molar-refractivity contribution in [3.05, 3.63) is 54.2 Å². The second-order valence-corrected chi connectivity index (χ2v) is 12.1. The molecule has 11 nitrogen and oxygen atoms in total. The molecule has 0 unspecified atom stereocenters. The number of Topliss-reactive ketones (excluding diaryl/α,β-unsaturated/α-hetero) is 1. The van der Waals surface area contributed by atoms with Gasteiger partial charge in [0.15, 0.2) is 5.78 Å². The molecule has 11 heteroatoms. The molecule has 0 saturated heterocycles. The van der Waals surface area contributed by atoms with Gasteiger partial charge in [-0.05, 0) is 37.1 Å². The number of carbonyl (C=O) groups is 4. The van der Waals surface area contributed by atoms with E-state index in [4.69, 9.17) is 9.84 Å². The van der Waals surface area contributed by atoms with E-state index < -0.39 is 23.3 Å². The Morgan fingerprint density at radius 2 is 1.74 bits per heavy atom. The van der Waals surface area contributed by atoms with Gasteiger partial charge in [-0.25, -0.2) is 9.80 Å². The minimum Gasteiger partial charge on any atom is -0.468 e. The summed E-state index contributed by atoms with van der Waals surface area (Å²) in [4.78, 5) is 53.7. The Balaban J connectivity index is 1.43. The molecule has 2 aromatic carbocycles. The van der Waals surface area contributed by atoms with Gasteiger partial charge in [0, 0.05) is 28.0 Å². The summed E-state index contributed by atoms with van der Waals surface area (Å²) < 4.78 is 6.25. The fraction of sp³-hybridized carbons (Fsp3) is 0.438. The first kappa shape index (κ1) is 29.9. The predicted molar refractivity (Wildman–Crippen MR) is 164 cm³/mol. The van der Waals surface area contributed by atoms with Gasteiger partial charge >= 0.3 is 12.0 Å². The number of esters is 1. The molecular formula is C32H38N6O5. The highest BCUT2D eigenvalue weighted by atomic mass is 16.5. The van der Waals surface area contributed by atoms with E-state index in [0.29, 0.717) is 16.9 Å². The lowest BCUT2D eigenvalue weighted by Gasteiger charge is -2.28. The largest absolute Gasteiger partial charge is 0.468 e. The number of hydrogen-bond acceptors (Lipinski definition) is 7. The Labute approximate surface area is 250 Å². The maximum Gasteiger partial charge on any atom is 0.345 e. The predicted octanol–water partition coefficient (Wildman–Crippen LogP) is 4.99. The van der Waals surface area contributed by atoms with Gasteiger partial charge in [-0.15, -0.1) is 0 Å². The summed E-state index contributed by atoms with van der Waals surface area (Å²) in [5.41, 5.74) is 2.80. The van der Waals surface area contributed by atoms with E-state index in [2.05, 4.69) is 10.4 Å². The summed E-state index contributed by atoms with van der Waals surface area (Å²) in [5, 5.41) is 13.9. The van der Waals surface area contributed by atoms with E-state index in [1.54, 1.807) is 24.4 Å². The first-order valence-electron chi connectivity index (χ1n) is 14.7. The zero-order chi connectivity index (χ0) is 30.7. The molecule has 1 aliphatic heterocycles. The van der Waals surface area contributed by atoms with E-state index >= 15 is 0 Å². The van der Waals surface area contributed by atoms with Gasteiger partial charge in [0.25, 0.3) is 0 Å². The van der Waals surface area contributed by atoms with Crippen LogP contribution in [0.3, 0.4) is 0 Å². The lowest BCUT2D eigenvalue weighted by atomic mass is 9.83. The summed E-state index contributed by atoms with van der Waals surface area (Å²) in [6.45, 7) is 5.00. The first-order chi connectivity index (χ1) is 20.5. The van der Waals surface area contributed by atoms with E-state index in [0.717, 1.165) is 48.8 Å². The highest BCUT2D eigenvalue weighted by Gasteiger charge is 2.36. The van der Waals surface area contributed by atoms with Crippen molar-refractivity contribution in [1.29, 1.82) is 0 Å². The molecule has 226 valence electrons. The molecule has 1 saturated carbocycles. The molecule has 2 aliphatic rings. The van der Waals surface area contributed by atoms with Crippen molar-refractivity contribution in [3.8, 4) is 0 Å². The quantitative estimate of drug-likeness (QED) is 0.371. The van der Waals surface area contributed by atoms with Crippen molar-refractivity contribution >= 4 is 51.7 Å². The number of methoxy groups -OCH3 is 1. The van der Waals surface area contributed by atoms with Crippen LogP contribution in [0.25, 0.3) is 10.9 Å². The molecule has 1 fully saturated rings. The minimum absolute atomic E-state index is 0.0271. The van der Waals surface area contributed by atoms with Crippen LogP contribution in [0.4, 0.5) is 16.2 Å². The van der Waals surface area contributed by atoms with Gasteiger partial charge in [0.2, 0.25) is 5.91 Å². The third-order valence-corrected chi connectivity index (χ3v) is 8.01. The minimum atomic E-state index is -0.653. The number of benzene rings is 2. The van der Waals surface area contributed by atoms with Gasteiger partial charge in [-0.1, -0.05) is 58.2 Å². The number of rotatable bonds is 8. The Hall–Kier alpha value is -4.54. The maximum absolute atomic E-state index is 14.0. The van der Waals surface area contributed by atoms with Crippen molar-refractivity contribution in [2.24, 2.45) is 16.4 Å². The lowest BCUT2D eigenvalue weighted by Crippen LogP contribution is -2.47. The monoisotopic (exact) mass is 586 g/mol. The van der Waals surface area contributed by atoms with Crippen molar-refractivity contribution in [3.63, 3.8) is 0 Å². The first-order valence-corrected chi connectivity index (χ1v) is 14.7. The van der Waals surface area contributed by atoms with E-state index in [9.17, 15) is 19.2 Å². The number of ketones is 1. The van der Waals surface area contributed by atoms with Gasteiger partial charge in [-0.3, -0.25) is 24.0 Å². The molecule has 0 spiro atoms. The summed E-state index contributed by atoms with van der Waals surface area (Å²) in [5.74, 6) is -0.801. The fourth-order valence-corrected chi connectivity index (χ4v) is 5.52. The van der Waals surface area contributed by atoms with Gasteiger partial charge in [0.05, 0.1) is 36.8 Å². The van der Waals surface area contributed by atoms with E-state index in [-0.39, 0.29) is 31.3 Å². The third-order valence-electron chi connectivity index (χ3n) is 8.01. The molecule has 3 amide bonds. The van der Waals surface area contributed by atoms with Crippen molar-refractivity contribution in [1.82, 2.24) is 14.8 Å². The second kappa shape index (κ2) is 12.4. The van der Waals surface area contributed by atoms with Crippen LogP contribution in [-0.4, -0.2) is 64.4 Å². The number of fused-ring (bicyclic) bond motifs is 2. The molecule has 2 heterocycles. The van der Waals surface area contributed by atoms with Crippen LogP contribution in [0, 0.1) is 11.3 Å². The molecule has 1 aliphatic carbocycles. The van der Waals surface area contributed by atoms with Crippen LogP contribution >= 0.6 is 0 Å². The van der Waals surface area contributed by atoms with Crippen LogP contribution < -0.4 is 10.2 Å². The number of nitrogens with one attached hydrogen (secondary N) is 1. The van der Waals surface area contributed by atoms with Crippen LogP contribution in [0.5, 0.6) is 0 Å². The molecule has 1 N–H and O–H groups in total. The normalized spacial score (nSPS) is 16.0. The van der Waals surface area contributed by atoms with Gasteiger partial charge < -0.3 is 10.1 Å². The molecule has 43 heavy (non-hydrogen) atoms. The summed E-state index contributed by atoms with van der Waals surface area (Å²) in [6, 6.07) is 12.3. The SMILES string of the molecule is COC(=O)Cn1ncc2cc(NC(=O)CN3N=C(C4CCCCC4)c4ccccc4N(CC(=O)C(C)(C)C)C3=O)ccc21. The molecule has 0 radical (unpaired) electrons. The number of urea groups is 1. The molecular weight excluding hydrogens is 548 g/mol. The Bertz CT molecular complexity index is 1580. The van der Waals surface area contributed by atoms with E-state index in [1.807, 2.05) is 45.0 Å². The van der Waals surface area contributed by atoms with Crippen LogP contribution in [-0.2, 0) is 25.7 Å². The van der Waals surface area contributed by atoms with Crippen molar-refractivity contribution < 1.29 is 23.9 Å². The fourth-order valence-electron chi connectivity index (χ4n) is 5.52. The summed E-state index contributed by atoms with van der Waals surface area (Å²) in [6.07, 6.45) is 6.82. The van der Waals surface area contributed by atoms with Crippen molar-refractivity contribution in [2.45, 2.75) is 59.4 Å². The molecule has 0 atom stereocenters. The molecule has 1 aromatic heterocycles. The molecule has 0 bridgehead atoms. The number of nitrogens with zero attached hydrogens (tertiary/aromatic N) is 5. The smallest absolute Gasteiger partial charge is 0.345 e. The summed E-state index contributed by atoms with van der Waals surface area (Å²) >= 11 is 0. The van der Waals surface area contributed by atoms with Gasteiger partial charge in [0.1, 0.15) is 13.1 Å². The Kier molecular flexibility index (Phi) is 8.61. The van der Waals surface area contributed by atoms with Gasteiger partial charge in [-0.2, -0.15) is 10.2 Å². The zero-order valence-electron chi connectivity index (χ0n) is 25.1. The number of carbonyl (C=O) groups excluding carboxylic acids is 4. The number of anilines is 2. The lowest BCUT2D eigenvalue weighted by molar-refractivity contribution is -0.141. The number of para-hydroxylation sites is 1. The average molecular weight is 587 g/mol. The average Bonchev–Trinajstić information content (AvgIpc) is 3.34. The highest BCUT2D eigenvalue weighted by molar-refractivity contribution is 6.13. The number of amides is 3. The summed E-state index contributed by atoms with van der Waals surface area (Å²) in [7, 11) is 1.32. The topological polar surface area (TPSA) is 126 Å². The highest BCUT2D eigenvalue weighted by Crippen LogP contribution is 2.34. The second-order valence-electron chi connectivity index (χ2n) is 12.1. The maximum atomic E-state index is 14.0. The van der Waals surface area contributed by atoms with Crippen LogP contribution in [0.1, 0.15) is 58.4 Å². The van der Waals surface area contributed by atoms with Crippen molar-refractivity contribution in [2.75, 3.05) is 30.4 Å². The molecule has 5 rings (SSSR count). The Morgan fingerprint density at radius 1 is 1.00 bits per heavy atom. The third kappa shape index (κ3) is 6.60. The van der Waals surface area contributed by atoms with Crippen LogP contribution in [0.2, 0.25) is 0 Å². The number of hydrogen-bond donors (Lipinski definition) is 1. The zero-order valence-corrected chi connectivity index (χ0v) is 25.1. The van der Waals surface area contributed by atoms with Crippen LogP contribution in [0.15, 0.2) is 53.8 Å². The standard InChI is InChI=1S/C32H38N6O5/c1-32(2,3)27(39)18-36-26-13-9-8-12-24(26)30(21-10-6-5-7-11-21)35-38(31(36)42)19-28(40)34-23-14-15-25-22(16-23)17-33-37(25)20-29(41)43-4/h8-9,12-17,21H,5-7,10-11,18-20H2,1-4H3,(H,34,40). The van der Waals surface area contributed by atoms with E-state index in [1.165, 1.54) is 21.7 Å². The number of hydrazone groups is 1. The number of ether oxygens (including phenoxy) is 1. The number of aromatic nitrogens is 2.